The summed E-state index contributed by atoms with van der Waals surface area (Å²) in [6.45, 7) is 4.78. The summed E-state index contributed by atoms with van der Waals surface area (Å²) in [7, 11) is 0. The molecule has 0 atom stereocenters. The number of aromatic nitrogens is 2. The second-order valence-electron chi connectivity index (χ2n) is 4.80. The molecule has 4 nitrogen and oxygen atoms in total. The van der Waals surface area contributed by atoms with Crippen LogP contribution in [-0.4, -0.2) is 15.6 Å². The molecule has 1 aliphatic rings. The van der Waals surface area contributed by atoms with Crippen molar-refractivity contribution in [2.45, 2.75) is 37.6 Å². The molecule has 0 saturated heterocycles. The fourth-order valence-corrected chi connectivity index (χ4v) is 3.51. The maximum absolute atomic E-state index is 5.96. The van der Waals surface area contributed by atoms with E-state index in [4.69, 9.17) is 23.1 Å². The summed E-state index contributed by atoms with van der Waals surface area (Å²) < 4.78 is 5.79. The van der Waals surface area contributed by atoms with Crippen LogP contribution in [-0.2, 0) is 30.4 Å². The van der Waals surface area contributed by atoms with Gasteiger partial charge in [0.1, 0.15) is 10.6 Å². The molecule has 3 rings (SSSR count). The van der Waals surface area contributed by atoms with Crippen molar-refractivity contribution in [3.8, 4) is 0 Å². The van der Waals surface area contributed by atoms with Crippen molar-refractivity contribution in [1.82, 2.24) is 9.97 Å². The van der Waals surface area contributed by atoms with Crippen molar-refractivity contribution >= 4 is 40.0 Å². The molecule has 2 N–H and O–H groups in total. The van der Waals surface area contributed by atoms with Crippen molar-refractivity contribution in [3.63, 3.8) is 0 Å². The van der Waals surface area contributed by atoms with Gasteiger partial charge in [0.15, 0.2) is 0 Å². The van der Waals surface area contributed by atoms with Gasteiger partial charge in [-0.1, -0.05) is 0 Å². The van der Waals surface area contributed by atoms with Gasteiger partial charge in [0.05, 0.1) is 17.6 Å². The van der Waals surface area contributed by atoms with Gasteiger partial charge in [-0.05, 0) is 19.4 Å². The average Bonchev–Trinajstić information content (AvgIpc) is 2.53. The molecule has 18 heavy (non-hydrogen) atoms. The molecule has 3 heterocycles. The van der Waals surface area contributed by atoms with E-state index in [0.717, 1.165) is 16.6 Å². The van der Waals surface area contributed by atoms with Gasteiger partial charge in [-0.15, -0.1) is 11.3 Å². The average molecular weight is 289 g/mol. The fourth-order valence-electron chi connectivity index (χ4n) is 2.15. The zero-order valence-electron chi connectivity index (χ0n) is 10.6. The van der Waals surface area contributed by atoms with Crippen LogP contribution in [0.15, 0.2) is 5.16 Å². The number of nitrogens with zero attached hydrogens (tertiary/aromatic N) is 2. The van der Waals surface area contributed by atoms with Gasteiger partial charge in [-0.2, -0.15) is 0 Å². The summed E-state index contributed by atoms with van der Waals surface area (Å²) in [6, 6.07) is 0. The summed E-state index contributed by atoms with van der Waals surface area (Å²) in [5.41, 5.74) is 7.04. The minimum absolute atomic E-state index is 0. The number of hydrogen-bond acceptors (Lipinski definition) is 6. The first kappa shape index (κ1) is 14.4. The minimum Gasteiger partial charge on any atom is -0.740 e. The third-order valence-corrected chi connectivity index (χ3v) is 4.22. The largest absolute Gasteiger partial charge is 1.00 e. The Hall–Kier alpha value is 0.0200. The molecule has 90 valence electrons. The molecule has 0 saturated carbocycles. The molecule has 7 heteroatoms. The van der Waals surface area contributed by atoms with Gasteiger partial charge in [0.25, 0.3) is 0 Å². The number of thiophene rings is 1. The van der Waals surface area contributed by atoms with E-state index in [1.54, 1.807) is 11.3 Å². The molecule has 0 fully saturated rings. The Labute approximate surface area is 137 Å². The second-order valence-corrected chi connectivity index (χ2v) is 6.25. The van der Waals surface area contributed by atoms with Crippen LogP contribution in [0.1, 0.15) is 24.3 Å². The molecular formula is C11H12N3NaOS2. The normalized spacial score (nSPS) is 17.2. The number of rotatable bonds is 0. The Morgan fingerprint density at radius 2 is 2.11 bits per heavy atom. The first-order chi connectivity index (χ1) is 7.96. The van der Waals surface area contributed by atoms with Crippen LogP contribution in [0.4, 0.5) is 5.82 Å². The number of ether oxygens (including phenoxy) is 1. The van der Waals surface area contributed by atoms with Crippen LogP contribution in [0.2, 0.25) is 0 Å². The smallest absolute Gasteiger partial charge is 0.740 e. The van der Waals surface area contributed by atoms with Crippen LogP contribution in [0.3, 0.4) is 0 Å². The Balaban J connectivity index is 0.00000120. The Bertz CT molecular complexity index is 612. The fraction of sp³-hybridized carbons (Fsp3) is 0.455. The predicted octanol–water partition coefficient (Wildman–Crippen LogP) is -0.965. The van der Waals surface area contributed by atoms with E-state index in [1.807, 2.05) is 0 Å². The molecule has 0 unspecified atom stereocenters. The van der Waals surface area contributed by atoms with Crippen LogP contribution in [0.25, 0.3) is 10.2 Å². The topological polar surface area (TPSA) is 61.0 Å². The molecular weight excluding hydrogens is 277 g/mol. The van der Waals surface area contributed by atoms with E-state index in [0.29, 0.717) is 17.6 Å². The SMILES string of the molecule is CC1(C)Cc2c(sc3nc([S-])nc(N)c23)CO1.[Na+]. The summed E-state index contributed by atoms with van der Waals surface area (Å²) >= 11 is 6.59. The van der Waals surface area contributed by atoms with Gasteiger partial charge >= 0.3 is 29.6 Å². The van der Waals surface area contributed by atoms with E-state index in [2.05, 4.69) is 23.8 Å². The molecule has 0 spiro atoms. The van der Waals surface area contributed by atoms with E-state index in [9.17, 15) is 0 Å². The first-order valence-electron chi connectivity index (χ1n) is 5.35. The molecule has 0 aliphatic carbocycles. The van der Waals surface area contributed by atoms with Gasteiger partial charge < -0.3 is 23.1 Å². The Morgan fingerprint density at radius 1 is 1.39 bits per heavy atom. The van der Waals surface area contributed by atoms with Crippen LogP contribution in [0.5, 0.6) is 0 Å². The summed E-state index contributed by atoms with van der Waals surface area (Å²) in [4.78, 5) is 10.4. The van der Waals surface area contributed by atoms with Gasteiger partial charge in [-0.25, -0.2) is 9.97 Å². The number of nitrogens with two attached hydrogens (primary N) is 1. The van der Waals surface area contributed by atoms with Crippen LogP contribution < -0.4 is 35.3 Å². The summed E-state index contributed by atoms with van der Waals surface area (Å²) in [5.74, 6) is 0.496. The Kier molecular flexibility index (Phi) is 3.89. The number of fused-ring (bicyclic) bond motifs is 3. The molecule has 0 amide bonds. The minimum atomic E-state index is -0.153. The molecule has 2 aromatic rings. The molecule has 0 aromatic carbocycles. The third kappa shape index (κ3) is 2.37. The molecule has 1 aliphatic heterocycles. The van der Waals surface area contributed by atoms with E-state index in [-0.39, 0.29) is 35.2 Å². The summed E-state index contributed by atoms with van der Waals surface area (Å²) in [6.07, 6.45) is 0.840. The third-order valence-electron chi connectivity index (χ3n) is 2.94. The monoisotopic (exact) mass is 289 g/mol. The zero-order chi connectivity index (χ0) is 12.2. The van der Waals surface area contributed by atoms with Crippen molar-refractivity contribution in [1.29, 1.82) is 0 Å². The number of nitrogen functional groups attached to an aromatic ring is 1. The molecule has 0 bridgehead atoms. The predicted molar refractivity (Wildman–Crippen MR) is 70.0 cm³/mol. The van der Waals surface area contributed by atoms with Crippen LogP contribution in [0, 0.1) is 0 Å². The van der Waals surface area contributed by atoms with E-state index < -0.39 is 0 Å². The maximum Gasteiger partial charge on any atom is 1.00 e. The van der Waals surface area contributed by atoms with Gasteiger partial charge in [-0.3, -0.25) is 0 Å². The van der Waals surface area contributed by atoms with Crippen LogP contribution >= 0.6 is 11.3 Å². The van der Waals surface area contributed by atoms with E-state index in [1.165, 1.54) is 10.4 Å². The molecule has 0 radical (unpaired) electrons. The zero-order valence-corrected chi connectivity index (χ0v) is 14.2. The van der Waals surface area contributed by atoms with Crippen molar-refractivity contribution in [2.24, 2.45) is 0 Å². The quantitative estimate of drug-likeness (QED) is 0.384. The van der Waals surface area contributed by atoms with Crippen molar-refractivity contribution < 1.29 is 34.3 Å². The molecule has 2 aromatic heterocycles. The second kappa shape index (κ2) is 4.85. The van der Waals surface area contributed by atoms with Crippen molar-refractivity contribution in [3.05, 3.63) is 10.4 Å². The standard InChI is InChI=1S/C11H13N3OS2.Na/c1-11(2)3-5-6(4-15-11)17-9-7(5)8(12)13-10(16)14-9;/h3-4H2,1-2H3,(H3,12,13,14,16);/q;+1/p-1. The summed E-state index contributed by atoms with van der Waals surface area (Å²) in [5, 5.41) is 1.28. The van der Waals surface area contributed by atoms with Gasteiger partial charge in [0, 0.05) is 16.5 Å². The van der Waals surface area contributed by atoms with Crippen molar-refractivity contribution in [2.75, 3.05) is 5.73 Å². The maximum atomic E-state index is 5.96. The van der Waals surface area contributed by atoms with Gasteiger partial charge in [0.2, 0.25) is 0 Å². The number of hydrogen-bond donors (Lipinski definition) is 1. The number of anilines is 1. The van der Waals surface area contributed by atoms with E-state index >= 15 is 0 Å². The first-order valence-corrected chi connectivity index (χ1v) is 6.57. The Morgan fingerprint density at radius 3 is 2.83 bits per heavy atom.